The van der Waals surface area contributed by atoms with Crippen molar-refractivity contribution in [2.45, 2.75) is 39.5 Å². The van der Waals surface area contributed by atoms with E-state index in [1.54, 1.807) is 0 Å². The van der Waals surface area contributed by atoms with Crippen molar-refractivity contribution in [1.29, 1.82) is 0 Å². The first-order valence-electron chi connectivity index (χ1n) is 6.15. The Morgan fingerprint density at radius 2 is 1.07 bits per heavy atom. The third kappa shape index (κ3) is 13.9. The largest absolute Gasteiger partial charge is 0.382 e. The average Bonchev–Trinajstić information content (AvgIpc) is 2.26. The van der Waals surface area contributed by atoms with E-state index in [-0.39, 0.29) is 0 Å². The quantitative estimate of drug-likeness (QED) is 0.471. The van der Waals surface area contributed by atoms with E-state index in [0.29, 0.717) is 0 Å². The molecule has 0 aliphatic heterocycles. The highest BCUT2D eigenvalue weighted by Gasteiger charge is 1.91. The van der Waals surface area contributed by atoms with Crippen LogP contribution in [0.25, 0.3) is 0 Å². The van der Waals surface area contributed by atoms with Crippen molar-refractivity contribution in [2.24, 2.45) is 0 Å². The standard InChI is InChI=1S/C12H26O3/c1-3-5-8-14-11-7-12-15-10-6-9-13-4-2/h3-12H2,1-2H3. The Hall–Kier alpha value is -0.120. The maximum atomic E-state index is 5.43. The third-order valence-electron chi connectivity index (χ3n) is 2.00. The van der Waals surface area contributed by atoms with E-state index in [4.69, 9.17) is 14.2 Å². The summed E-state index contributed by atoms with van der Waals surface area (Å²) >= 11 is 0. The van der Waals surface area contributed by atoms with E-state index in [2.05, 4.69) is 6.92 Å². The lowest BCUT2D eigenvalue weighted by Gasteiger charge is -2.05. The van der Waals surface area contributed by atoms with Gasteiger partial charge < -0.3 is 14.2 Å². The molecular formula is C12H26O3. The minimum atomic E-state index is 0.797. The van der Waals surface area contributed by atoms with E-state index < -0.39 is 0 Å². The first-order chi connectivity index (χ1) is 7.41. The summed E-state index contributed by atoms with van der Waals surface area (Å²) in [4.78, 5) is 0. The van der Waals surface area contributed by atoms with Crippen LogP contribution in [0.1, 0.15) is 39.5 Å². The highest BCUT2D eigenvalue weighted by Crippen LogP contribution is 1.91. The predicted molar refractivity (Wildman–Crippen MR) is 62.3 cm³/mol. The smallest absolute Gasteiger partial charge is 0.0488 e. The van der Waals surface area contributed by atoms with Crippen LogP contribution in [0.3, 0.4) is 0 Å². The second-order valence-corrected chi connectivity index (χ2v) is 3.48. The van der Waals surface area contributed by atoms with Gasteiger partial charge in [-0.3, -0.25) is 0 Å². The van der Waals surface area contributed by atoms with Crippen LogP contribution >= 0.6 is 0 Å². The van der Waals surface area contributed by atoms with Gasteiger partial charge in [-0.1, -0.05) is 13.3 Å². The van der Waals surface area contributed by atoms with Crippen molar-refractivity contribution in [1.82, 2.24) is 0 Å². The van der Waals surface area contributed by atoms with E-state index in [1.807, 2.05) is 6.92 Å². The first kappa shape index (κ1) is 14.9. The molecule has 0 saturated heterocycles. The Bertz CT molecular complexity index is 95.0. The van der Waals surface area contributed by atoms with Crippen LogP contribution in [0.5, 0.6) is 0 Å². The van der Waals surface area contributed by atoms with Crippen LogP contribution in [0.4, 0.5) is 0 Å². The van der Waals surface area contributed by atoms with Gasteiger partial charge in [0.15, 0.2) is 0 Å². The molecule has 0 unspecified atom stereocenters. The minimum absolute atomic E-state index is 0.797. The molecule has 0 rings (SSSR count). The van der Waals surface area contributed by atoms with Gasteiger partial charge in [0.2, 0.25) is 0 Å². The van der Waals surface area contributed by atoms with Gasteiger partial charge in [-0.25, -0.2) is 0 Å². The highest BCUT2D eigenvalue weighted by molar-refractivity contribution is 4.38. The summed E-state index contributed by atoms with van der Waals surface area (Å²) in [6.45, 7) is 9.10. The number of hydrogen-bond acceptors (Lipinski definition) is 3. The zero-order valence-electron chi connectivity index (χ0n) is 10.3. The molecule has 92 valence electrons. The summed E-state index contributed by atoms with van der Waals surface area (Å²) in [5.74, 6) is 0. The molecule has 0 bridgehead atoms. The fourth-order valence-electron chi connectivity index (χ4n) is 1.12. The second kappa shape index (κ2) is 13.9. The molecule has 0 radical (unpaired) electrons. The lowest BCUT2D eigenvalue weighted by molar-refractivity contribution is 0.0651. The van der Waals surface area contributed by atoms with Gasteiger partial charge in [-0.15, -0.1) is 0 Å². The Kier molecular flexibility index (Phi) is 13.8. The van der Waals surface area contributed by atoms with Gasteiger partial charge in [0.1, 0.15) is 0 Å². The normalized spacial score (nSPS) is 10.8. The van der Waals surface area contributed by atoms with Crippen molar-refractivity contribution < 1.29 is 14.2 Å². The maximum absolute atomic E-state index is 5.43. The molecule has 0 fully saturated rings. The van der Waals surface area contributed by atoms with Crippen LogP contribution in [-0.2, 0) is 14.2 Å². The van der Waals surface area contributed by atoms with Crippen LogP contribution in [0.15, 0.2) is 0 Å². The van der Waals surface area contributed by atoms with E-state index >= 15 is 0 Å². The summed E-state index contributed by atoms with van der Waals surface area (Å²) in [5, 5.41) is 0. The number of hydrogen-bond donors (Lipinski definition) is 0. The maximum Gasteiger partial charge on any atom is 0.0488 e. The lowest BCUT2D eigenvalue weighted by Crippen LogP contribution is -2.05. The van der Waals surface area contributed by atoms with Crippen molar-refractivity contribution in [3.05, 3.63) is 0 Å². The van der Waals surface area contributed by atoms with Crippen molar-refractivity contribution in [2.75, 3.05) is 39.6 Å². The molecular weight excluding hydrogens is 192 g/mol. The zero-order valence-corrected chi connectivity index (χ0v) is 10.3. The molecule has 0 saturated carbocycles. The van der Waals surface area contributed by atoms with Gasteiger partial charge >= 0.3 is 0 Å². The summed E-state index contributed by atoms with van der Waals surface area (Å²) in [5.41, 5.74) is 0. The molecule has 0 aromatic carbocycles. The Morgan fingerprint density at radius 3 is 1.53 bits per heavy atom. The Morgan fingerprint density at radius 1 is 0.600 bits per heavy atom. The average molecular weight is 218 g/mol. The minimum Gasteiger partial charge on any atom is -0.382 e. The molecule has 0 spiro atoms. The zero-order chi connectivity index (χ0) is 11.2. The molecule has 15 heavy (non-hydrogen) atoms. The van der Waals surface area contributed by atoms with Crippen molar-refractivity contribution in [3.63, 3.8) is 0 Å². The fourth-order valence-corrected chi connectivity index (χ4v) is 1.12. The van der Waals surface area contributed by atoms with Gasteiger partial charge in [-0.2, -0.15) is 0 Å². The van der Waals surface area contributed by atoms with Crippen molar-refractivity contribution in [3.8, 4) is 0 Å². The van der Waals surface area contributed by atoms with E-state index in [0.717, 1.165) is 58.9 Å². The summed E-state index contributed by atoms with van der Waals surface area (Å²) < 4.78 is 16.0. The molecule has 0 aliphatic carbocycles. The molecule has 0 amide bonds. The van der Waals surface area contributed by atoms with E-state index in [9.17, 15) is 0 Å². The first-order valence-corrected chi connectivity index (χ1v) is 6.15. The Balaban J connectivity index is 2.81. The van der Waals surface area contributed by atoms with Crippen LogP contribution in [0, 0.1) is 0 Å². The fraction of sp³-hybridized carbons (Fsp3) is 1.00. The molecule has 3 nitrogen and oxygen atoms in total. The number of unbranched alkanes of at least 4 members (excludes halogenated alkanes) is 1. The van der Waals surface area contributed by atoms with Gasteiger partial charge in [0.05, 0.1) is 0 Å². The van der Waals surface area contributed by atoms with Gasteiger partial charge in [0.25, 0.3) is 0 Å². The number of rotatable bonds is 12. The van der Waals surface area contributed by atoms with Crippen LogP contribution < -0.4 is 0 Å². The molecule has 0 atom stereocenters. The van der Waals surface area contributed by atoms with Gasteiger partial charge in [0, 0.05) is 39.6 Å². The highest BCUT2D eigenvalue weighted by atomic mass is 16.5. The molecule has 0 aliphatic rings. The molecule has 0 aromatic heterocycles. The van der Waals surface area contributed by atoms with Crippen molar-refractivity contribution >= 4 is 0 Å². The number of ether oxygens (including phenoxy) is 3. The molecule has 0 N–H and O–H groups in total. The van der Waals surface area contributed by atoms with E-state index in [1.165, 1.54) is 6.42 Å². The molecule has 0 heterocycles. The summed E-state index contributed by atoms with van der Waals surface area (Å²) in [7, 11) is 0. The second-order valence-electron chi connectivity index (χ2n) is 3.48. The third-order valence-corrected chi connectivity index (χ3v) is 2.00. The van der Waals surface area contributed by atoms with Crippen LogP contribution in [-0.4, -0.2) is 39.6 Å². The van der Waals surface area contributed by atoms with Gasteiger partial charge in [-0.05, 0) is 26.2 Å². The monoisotopic (exact) mass is 218 g/mol. The predicted octanol–water partition coefficient (Wildman–Crippen LogP) is 2.64. The molecule has 3 heteroatoms. The SMILES string of the molecule is CCCCOCCCOCCCOCC. The van der Waals surface area contributed by atoms with Crippen LogP contribution in [0.2, 0.25) is 0 Å². The summed E-state index contributed by atoms with van der Waals surface area (Å²) in [6.07, 6.45) is 4.35. The Labute approximate surface area is 94.1 Å². The molecule has 0 aromatic rings. The topological polar surface area (TPSA) is 27.7 Å². The lowest BCUT2D eigenvalue weighted by atomic mass is 10.4. The summed E-state index contributed by atoms with van der Waals surface area (Å²) in [6, 6.07) is 0.